The predicted molar refractivity (Wildman–Crippen MR) is 57.7 cm³/mol. The van der Waals surface area contributed by atoms with Crippen molar-refractivity contribution in [3.05, 3.63) is 0 Å². The molecule has 0 radical (unpaired) electrons. The van der Waals surface area contributed by atoms with Crippen molar-refractivity contribution in [3.63, 3.8) is 0 Å². The van der Waals surface area contributed by atoms with Gasteiger partial charge in [-0.25, -0.2) is 0 Å². The molecule has 0 heterocycles. The minimum Gasteiger partial charge on any atom is -0.481 e. The average Bonchev–Trinajstić information content (AvgIpc) is 2.24. The molecule has 0 fully saturated rings. The maximum Gasteiger partial charge on any atom is 0.305 e. The summed E-state index contributed by atoms with van der Waals surface area (Å²) >= 11 is 0. The van der Waals surface area contributed by atoms with E-state index in [1.807, 2.05) is 6.92 Å². The number of nitrogens with one attached hydrogen (secondary N) is 2. The minimum absolute atomic E-state index is 0.0768. The second-order valence-corrected chi connectivity index (χ2v) is 3.52. The van der Waals surface area contributed by atoms with Crippen molar-refractivity contribution in [1.82, 2.24) is 10.6 Å². The third-order valence-electron chi connectivity index (χ3n) is 2.14. The summed E-state index contributed by atoms with van der Waals surface area (Å²) in [6, 6.07) is 0. The highest BCUT2D eigenvalue weighted by molar-refractivity contribution is 5.85. The second-order valence-electron chi connectivity index (χ2n) is 3.52. The monoisotopic (exact) mass is 230 g/mol. The van der Waals surface area contributed by atoms with E-state index < -0.39 is 5.97 Å². The Morgan fingerprint density at radius 3 is 2.38 bits per heavy atom. The zero-order valence-corrected chi connectivity index (χ0v) is 9.58. The lowest BCUT2D eigenvalue weighted by Gasteiger charge is -2.09. The van der Waals surface area contributed by atoms with Crippen molar-refractivity contribution in [2.45, 2.75) is 26.7 Å². The maximum absolute atomic E-state index is 11.3. The Bertz CT molecular complexity index is 266. The summed E-state index contributed by atoms with van der Waals surface area (Å²) in [4.78, 5) is 32.6. The van der Waals surface area contributed by atoms with Crippen LogP contribution in [0.4, 0.5) is 0 Å². The molecule has 6 heteroatoms. The second kappa shape index (κ2) is 7.67. The fourth-order valence-electron chi connectivity index (χ4n) is 0.898. The third kappa shape index (κ3) is 6.80. The van der Waals surface area contributed by atoms with Crippen LogP contribution in [-0.2, 0) is 14.4 Å². The first-order chi connectivity index (χ1) is 7.47. The molecule has 0 bridgehead atoms. The van der Waals surface area contributed by atoms with E-state index in [9.17, 15) is 14.4 Å². The molecule has 0 aromatic carbocycles. The molecule has 92 valence electrons. The van der Waals surface area contributed by atoms with Crippen LogP contribution in [0.1, 0.15) is 26.7 Å². The number of rotatable bonds is 7. The number of hydrogen-bond acceptors (Lipinski definition) is 3. The van der Waals surface area contributed by atoms with Crippen LogP contribution in [0.5, 0.6) is 0 Å². The molecule has 0 aromatic rings. The van der Waals surface area contributed by atoms with Gasteiger partial charge in [-0.1, -0.05) is 13.8 Å². The molecule has 1 atom stereocenters. The van der Waals surface area contributed by atoms with Gasteiger partial charge in [0.1, 0.15) is 0 Å². The fraction of sp³-hybridized carbons (Fsp3) is 0.700. The lowest BCUT2D eigenvalue weighted by atomic mass is 10.1. The first kappa shape index (κ1) is 14.4. The quantitative estimate of drug-likeness (QED) is 0.561. The number of aliphatic carboxylic acids is 1. The van der Waals surface area contributed by atoms with Crippen molar-refractivity contribution in [1.29, 1.82) is 0 Å². The molecule has 0 spiro atoms. The fourth-order valence-corrected chi connectivity index (χ4v) is 0.898. The molecule has 0 aliphatic heterocycles. The Hall–Kier alpha value is -1.59. The molecule has 0 aromatic heterocycles. The average molecular weight is 230 g/mol. The normalized spacial score (nSPS) is 11.6. The molecular formula is C10H18N2O4. The molecule has 6 nitrogen and oxygen atoms in total. The molecular weight excluding hydrogens is 212 g/mol. The van der Waals surface area contributed by atoms with Crippen LogP contribution < -0.4 is 10.6 Å². The van der Waals surface area contributed by atoms with Gasteiger partial charge in [-0.3, -0.25) is 14.4 Å². The molecule has 0 saturated carbocycles. The smallest absolute Gasteiger partial charge is 0.305 e. The molecule has 1 unspecified atom stereocenters. The van der Waals surface area contributed by atoms with Gasteiger partial charge in [-0.05, 0) is 6.42 Å². The number of carbonyl (C=O) groups is 3. The number of amides is 2. The summed E-state index contributed by atoms with van der Waals surface area (Å²) in [5.74, 6) is -1.63. The number of carbonyl (C=O) groups excluding carboxylic acids is 2. The summed E-state index contributed by atoms with van der Waals surface area (Å²) in [5, 5.41) is 13.2. The van der Waals surface area contributed by atoms with E-state index in [0.29, 0.717) is 6.42 Å². The zero-order chi connectivity index (χ0) is 12.6. The Morgan fingerprint density at radius 2 is 1.88 bits per heavy atom. The summed E-state index contributed by atoms with van der Waals surface area (Å²) < 4.78 is 0. The molecule has 0 aliphatic carbocycles. The van der Waals surface area contributed by atoms with E-state index in [1.165, 1.54) is 0 Å². The number of carboxylic acids is 1. The summed E-state index contributed by atoms with van der Waals surface area (Å²) in [6.07, 6.45) is 0.595. The molecule has 0 saturated heterocycles. The highest BCUT2D eigenvalue weighted by Gasteiger charge is 2.11. The van der Waals surface area contributed by atoms with Gasteiger partial charge < -0.3 is 15.7 Å². The van der Waals surface area contributed by atoms with Crippen LogP contribution in [0.25, 0.3) is 0 Å². The van der Waals surface area contributed by atoms with E-state index in [1.54, 1.807) is 6.92 Å². The van der Waals surface area contributed by atoms with Crippen molar-refractivity contribution in [2.75, 3.05) is 13.1 Å². The maximum atomic E-state index is 11.3. The van der Waals surface area contributed by atoms with Gasteiger partial charge in [0.15, 0.2) is 0 Å². The minimum atomic E-state index is -0.969. The Balaban J connectivity index is 3.65. The van der Waals surface area contributed by atoms with E-state index in [4.69, 9.17) is 5.11 Å². The Morgan fingerprint density at radius 1 is 1.25 bits per heavy atom. The van der Waals surface area contributed by atoms with Crippen LogP contribution in [0.3, 0.4) is 0 Å². The Kier molecular flexibility index (Phi) is 6.91. The lowest BCUT2D eigenvalue weighted by Crippen LogP contribution is -2.39. The zero-order valence-electron chi connectivity index (χ0n) is 9.58. The lowest BCUT2D eigenvalue weighted by molar-refractivity contribution is -0.137. The molecule has 0 aliphatic rings. The molecule has 2 amide bonds. The highest BCUT2D eigenvalue weighted by atomic mass is 16.4. The van der Waals surface area contributed by atoms with Crippen LogP contribution >= 0.6 is 0 Å². The summed E-state index contributed by atoms with van der Waals surface area (Å²) in [6.45, 7) is 3.63. The first-order valence-electron chi connectivity index (χ1n) is 5.23. The predicted octanol–water partition coefficient (Wildman–Crippen LogP) is -0.260. The highest BCUT2D eigenvalue weighted by Crippen LogP contribution is 1.98. The van der Waals surface area contributed by atoms with Gasteiger partial charge in [0, 0.05) is 12.5 Å². The van der Waals surface area contributed by atoms with Crippen molar-refractivity contribution >= 4 is 17.8 Å². The van der Waals surface area contributed by atoms with Gasteiger partial charge in [0.05, 0.1) is 13.0 Å². The first-order valence-corrected chi connectivity index (χ1v) is 5.23. The van der Waals surface area contributed by atoms with Crippen LogP contribution in [0.15, 0.2) is 0 Å². The van der Waals surface area contributed by atoms with E-state index in [-0.39, 0.29) is 37.2 Å². The van der Waals surface area contributed by atoms with Gasteiger partial charge in [-0.2, -0.15) is 0 Å². The summed E-state index contributed by atoms with van der Waals surface area (Å²) in [7, 11) is 0. The standard InChI is InChI=1S/C10H18N2O4/c1-3-7(2)10(16)12-6-8(13)11-5-4-9(14)15/h7H,3-6H2,1-2H3,(H,11,13)(H,12,16)(H,14,15). The van der Waals surface area contributed by atoms with Crippen LogP contribution in [-0.4, -0.2) is 36.0 Å². The van der Waals surface area contributed by atoms with Gasteiger partial charge >= 0.3 is 5.97 Å². The van der Waals surface area contributed by atoms with Gasteiger partial charge in [-0.15, -0.1) is 0 Å². The van der Waals surface area contributed by atoms with E-state index in [0.717, 1.165) is 0 Å². The molecule has 3 N–H and O–H groups in total. The van der Waals surface area contributed by atoms with E-state index in [2.05, 4.69) is 10.6 Å². The number of hydrogen-bond donors (Lipinski definition) is 3. The summed E-state index contributed by atoms with van der Waals surface area (Å²) in [5.41, 5.74) is 0. The number of carboxylic acid groups (broad SMARTS) is 1. The van der Waals surface area contributed by atoms with Crippen molar-refractivity contribution in [2.24, 2.45) is 5.92 Å². The van der Waals surface area contributed by atoms with E-state index >= 15 is 0 Å². The molecule has 0 rings (SSSR count). The largest absolute Gasteiger partial charge is 0.481 e. The van der Waals surface area contributed by atoms with Gasteiger partial charge in [0.25, 0.3) is 0 Å². The molecule has 16 heavy (non-hydrogen) atoms. The topological polar surface area (TPSA) is 95.5 Å². The van der Waals surface area contributed by atoms with Crippen molar-refractivity contribution < 1.29 is 19.5 Å². The van der Waals surface area contributed by atoms with Crippen LogP contribution in [0, 0.1) is 5.92 Å². The SMILES string of the molecule is CCC(C)C(=O)NCC(=O)NCCC(=O)O. The van der Waals surface area contributed by atoms with Crippen molar-refractivity contribution in [3.8, 4) is 0 Å². The Labute approximate surface area is 94.4 Å². The van der Waals surface area contributed by atoms with Crippen LogP contribution in [0.2, 0.25) is 0 Å². The van der Waals surface area contributed by atoms with Gasteiger partial charge in [0.2, 0.25) is 11.8 Å². The third-order valence-corrected chi connectivity index (χ3v) is 2.14.